The van der Waals surface area contributed by atoms with Gasteiger partial charge in [-0.2, -0.15) is 13.2 Å². The number of hydrogen-bond acceptors (Lipinski definition) is 2. The van der Waals surface area contributed by atoms with Crippen molar-refractivity contribution >= 4 is 23.0 Å². The molecule has 1 fully saturated rings. The standard InChI is InChI=1S/C26H21F3N4S/c1-17-10-12-19(13-11-17)33-24(23(31-25(33)34)21-8-2-3-14-30-21)22-9-5-15-32(22)20-7-4-6-18(16-20)26(27,28)29/h2-16,23-24H,1H3,(H,31,34)/t23-,24-/m1/s1. The summed E-state index contributed by atoms with van der Waals surface area (Å²) < 4.78 is 42.0. The van der Waals surface area contributed by atoms with E-state index in [-0.39, 0.29) is 12.1 Å². The van der Waals surface area contributed by atoms with Gasteiger partial charge in [-0.15, -0.1) is 0 Å². The molecule has 34 heavy (non-hydrogen) atoms. The van der Waals surface area contributed by atoms with Crippen LogP contribution in [0.5, 0.6) is 0 Å². The van der Waals surface area contributed by atoms with Gasteiger partial charge in [-0.3, -0.25) is 4.98 Å². The van der Waals surface area contributed by atoms with E-state index in [0.29, 0.717) is 10.8 Å². The Bertz CT molecular complexity index is 1320. The van der Waals surface area contributed by atoms with E-state index in [1.807, 2.05) is 66.4 Å². The second kappa shape index (κ2) is 8.61. The first kappa shape index (κ1) is 22.2. The van der Waals surface area contributed by atoms with Gasteiger partial charge in [-0.1, -0.05) is 29.8 Å². The predicted molar refractivity (Wildman–Crippen MR) is 130 cm³/mol. The normalized spacial score (nSPS) is 18.2. The molecule has 3 heterocycles. The maximum Gasteiger partial charge on any atom is 0.416 e. The van der Waals surface area contributed by atoms with Crippen molar-refractivity contribution in [2.75, 3.05) is 4.90 Å². The number of nitrogens with one attached hydrogen (secondary N) is 1. The van der Waals surface area contributed by atoms with Gasteiger partial charge in [-0.25, -0.2) is 0 Å². The number of aromatic nitrogens is 2. The first-order valence-electron chi connectivity index (χ1n) is 10.7. The highest BCUT2D eigenvalue weighted by Gasteiger charge is 2.42. The predicted octanol–water partition coefficient (Wildman–Crippen LogP) is 6.38. The maximum atomic E-state index is 13.4. The molecule has 0 saturated carbocycles. The Morgan fingerprint density at radius 2 is 1.71 bits per heavy atom. The minimum absolute atomic E-state index is 0.297. The van der Waals surface area contributed by atoms with Crippen molar-refractivity contribution in [1.29, 1.82) is 0 Å². The molecule has 0 bridgehead atoms. The number of benzene rings is 2. The Labute approximate surface area is 200 Å². The molecule has 4 nitrogen and oxygen atoms in total. The lowest BCUT2D eigenvalue weighted by Crippen LogP contribution is -2.30. The lowest BCUT2D eigenvalue weighted by molar-refractivity contribution is -0.137. The molecule has 2 atom stereocenters. The Morgan fingerprint density at radius 3 is 2.41 bits per heavy atom. The van der Waals surface area contributed by atoms with E-state index in [9.17, 15) is 13.2 Å². The summed E-state index contributed by atoms with van der Waals surface area (Å²) in [6, 6.07) is 22.1. The van der Waals surface area contributed by atoms with Crippen molar-refractivity contribution in [3.05, 3.63) is 114 Å². The minimum atomic E-state index is -4.43. The summed E-state index contributed by atoms with van der Waals surface area (Å²) in [5, 5.41) is 3.92. The van der Waals surface area contributed by atoms with Crippen molar-refractivity contribution < 1.29 is 13.2 Å². The molecule has 2 aromatic carbocycles. The molecule has 0 spiro atoms. The Balaban J connectivity index is 1.66. The molecule has 4 aromatic rings. The molecule has 5 rings (SSSR count). The molecule has 8 heteroatoms. The molecule has 1 aliphatic heterocycles. The largest absolute Gasteiger partial charge is 0.416 e. The smallest absolute Gasteiger partial charge is 0.351 e. The van der Waals surface area contributed by atoms with Crippen LogP contribution in [0.15, 0.2) is 91.3 Å². The number of aryl methyl sites for hydroxylation is 1. The Kier molecular flexibility index (Phi) is 5.61. The van der Waals surface area contributed by atoms with Crippen LogP contribution in [0.4, 0.5) is 18.9 Å². The molecule has 2 aromatic heterocycles. The van der Waals surface area contributed by atoms with Crippen LogP contribution in [0.25, 0.3) is 5.69 Å². The SMILES string of the molecule is Cc1ccc(N2C(=S)N[C@H](c3ccccn3)[C@H]2c2cccn2-c2cccc(C(F)(F)F)c2)cc1. The molecule has 1 aliphatic rings. The fourth-order valence-corrected chi connectivity index (χ4v) is 4.69. The molecule has 0 aliphatic carbocycles. The van der Waals surface area contributed by atoms with Crippen molar-refractivity contribution in [1.82, 2.24) is 14.9 Å². The number of rotatable bonds is 4. The summed E-state index contributed by atoms with van der Waals surface area (Å²) in [4.78, 5) is 6.55. The van der Waals surface area contributed by atoms with Crippen LogP contribution in [-0.4, -0.2) is 14.7 Å². The van der Waals surface area contributed by atoms with Crippen LogP contribution >= 0.6 is 12.2 Å². The number of thiocarbonyl (C=S) groups is 1. The molecular weight excluding hydrogens is 457 g/mol. The fourth-order valence-electron chi connectivity index (χ4n) is 4.34. The molecule has 0 amide bonds. The summed E-state index contributed by atoms with van der Waals surface area (Å²) in [5.41, 5.74) is 3.33. The van der Waals surface area contributed by atoms with Crippen molar-refractivity contribution in [2.45, 2.75) is 25.2 Å². The zero-order valence-electron chi connectivity index (χ0n) is 18.2. The number of hydrogen-bond donors (Lipinski definition) is 1. The first-order chi connectivity index (χ1) is 16.3. The van der Waals surface area contributed by atoms with Gasteiger partial charge in [0.15, 0.2) is 5.11 Å². The first-order valence-corrected chi connectivity index (χ1v) is 11.2. The number of nitrogens with zero attached hydrogens (tertiary/aromatic N) is 3. The van der Waals surface area contributed by atoms with Gasteiger partial charge in [0.25, 0.3) is 0 Å². The van der Waals surface area contributed by atoms with Gasteiger partial charge in [0, 0.05) is 29.5 Å². The van der Waals surface area contributed by atoms with E-state index in [2.05, 4.69) is 10.3 Å². The van der Waals surface area contributed by atoms with Gasteiger partial charge >= 0.3 is 6.18 Å². The van der Waals surface area contributed by atoms with Gasteiger partial charge in [-0.05, 0) is 73.7 Å². The van der Waals surface area contributed by atoms with Crippen LogP contribution in [0.3, 0.4) is 0 Å². The molecule has 1 saturated heterocycles. The van der Waals surface area contributed by atoms with Crippen LogP contribution in [0.1, 0.15) is 34.6 Å². The van der Waals surface area contributed by atoms with Crippen LogP contribution in [0.2, 0.25) is 0 Å². The number of halogens is 3. The minimum Gasteiger partial charge on any atom is -0.351 e. The van der Waals surface area contributed by atoms with Gasteiger partial charge < -0.3 is 14.8 Å². The number of pyridine rings is 1. The molecule has 172 valence electrons. The molecule has 1 N–H and O–H groups in total. The highest BCUT2D eigenvalue weighted by atomic mass is 32.1. The third-order valence-electron chi connectivity index (χ3n) is 5.95. The van der Waals surface area contributed by atoms with Crippen molar-refractivity contribution in [3.63, 3.8) is 0 Å². The Morgan fingerprint density at radius 1 is 0.912 bits per heavy atom. The van der Waals surface area contributed by atoms with E-state index in [1.165, 1.54) is 6.07 Å². The summed E-state index contributed by atoms with van der Waals surface area (Å²) in [5.74, 6) is 0. The van der Waals surface area contributed by atoms with Crippen molar-refractivity contribution in [2.24, 2.45) is 0 Å². The molecular formula is C26H21F3N4S. The van der Waals surface area contributed by atoms with E-state index in [1.54, 1.807) is 23.0 Å². The fraction of sp³-hybridized carbons (Fsp3) is 0.154. The van der Waals surface area contributed by atoms with Gasteiger partial charge in [0.2, 0.25) is 0 Å². The van der Waals surface area contributed by atoms with Crippen LogP contribution in [-0.2, 0) is 6.18 Å². The lowest BCUT2D eigenvalue weighted by atomic mass is 10.0. The second-order valence-corrected chi connectivity index (χ2v) is 8.57. The zero-order valence-corrected chi connectivity index (χ0v) is 19.0. The monoisotopic (exact) mass is 478 g/mol. The van der Waals surface area contributed by atoms with E-state index < -0.39 is 11.7 Å². The highest BCUT2D eigenvalue weighted by molar-refractivity contribution is 7.80. The number of alkyl halides is 3. The third kappa shape index (κ3) is 4.05. The average Bonchev–Trinajstić information content (AvgIpc) is 3.44. The van der Waals surface area contributed by atoms with Crippen LogP contribution < -0.4 is 10.2 Å². The van der Waals surface area contributed by atoms with Crippen molar-refractivity contribution in [3.8, 4) is 5.69 Å². The van der Waals surface area contributed by atoms with Gasteiger partial charge in [0.1, 0.15) is 6.04 Å². The third-order valence-corrected chi connectivity index (χ3v) is 6.26. The topological polar surface area (TPSA) is 33.1 Å². The summed E-state index contributed by atoms with van der Waals surface area (Å²) >= 11 is 5.74. The van der Waals surface area contributed by atoms with E-state index in [0.717, 1.165) is 34.8 Å². The lowest BCUT2D eigenvalue weighted by Gasteiger charge is -2.29. The summed E-state index contributed by atoms with van der Waals surface area (Å²) in [6.07, 6.45) is -0.934. The molecule has 0 unspecified atom stereocenters. The van der Waals surface area contributed by atoms with Gasteiger partial charge in [0.05, 0.1) is 17.3 Å². The quantitative estimate of drug-likeness (QED) is 0.345. The second-order valence-electron chi connectivity index (χ2n) is 8.18. The summed E-state index contributed by atoms with van der Waals surface area (Å²) in [6.45, 7) is 2.01. The van der Waals surface area contributed by atoms with E-state index in [4.69, 9.17) is 12.2 Å². The van der Waals surface area contributed by atoms with E-state index >= 15 is 0 Å². The van der Waals surface area contributed by atoms with Crippen LogP contribution in [0, 0.1) is 6.92 Å². The maximum absolute atomic E-state index is 13.4. The zero-order chi connectivity index (χ0) is 23.9. The average molecular weight is 479 g/mol. The number of anilines is 1. The molecule has 0 radical (unpaired) electrons. The highest BCUT2D eigenvalue weighted by Crippen LogP contribution is 2.42. The summed E-state index contributed by atoms with van der Waals surface area (Å²) in [7, 11) is 0. The Hall–Kier alpha value is -3.65.